The van der Waals surface area contributed by atoms with Crippen LogP contribution in [-0.2, 0) is 4.79 Å². The van der Waals surface area contributed by atoms with Crippen LogP contribution in [0.3, 0.4) is 0 Å². The first-order chi connectivity index (χ1) is 13.5. The van der Waals surface area contributed by atoms with Crippen molar-refractivity contribution < 1.29 is 9.59 Å². The van der Waals surface area contributed by atoms with Crippen LogP contribution in [0.15, 0.2) is 48.5 Å². The van der Waals surface area contributed by atoms with Gasteiger partial charge in [0.1, 0.15) is 6.04 Å². The van der Waals surface area contributed by atoms with E-state index in [0.29, 0.717) is 17.9 Å². The lowest BCUT2D eigenvalue weighted by Gasteiger charge is -2.18. The van der Waals surface area contributed by atoms with Crippen molar-refractivity contribution in [2.24, 2.45) is 0 Å². The summed E-state index contributed by atoms with van der Waals surface area (Å²) in [5.74, 6) is -0.195. The van der Waals surface area contributed by atoms with E-state index < -0.39 is 6.04 Å². The Labute approximate surface area is 164 Å². The van der Waals surface area contributed by atoms with Gasteiger partial charge in [-0.2, -0.15) is 0 Å². The van der Waals surface area contributed by atoms with Gasteiger partial charge in [-0.3, -0.25) is 14.9 Å². The molecule has 1 aromatic heterocycles. The van der Waals surface area contributed by atoms with Crippen molar-refractivity contribution >= 4 is 34.5 Å². The summed E-state index contributed by atoms with van der Waals surface area (Å²) >= 11 is 0. The van der Waals surface area contributed by atoms with Crippen LogP contribution in [0.25, 0.3) is 11.0 Å². The third-order valence-electron chi connectivity index (χ3n) is 4.48. The van der Waals surface area contributed by atoms with Gasteiger partial charge < -0.3 is 15.2 Å². The molecular formula is C21H25N5O2. The van der Waals surface area contributed by atoms with Crippen molar-refractivity contribution in [3.63, 3.8) is 0 Å². The molecule has 146 valence electrons. The number of carbonyl (C=O) groups excluding carboxylic acids is 2. The SMILES string of the molecule is CCC[C@@H](NC(=O)c1ccc(N(C)C)cc1)C(=O)Nc1nc2ccccc2[nH]1. The first kappa shape index (κ1) is 19.4. The second-order valence-corrected chi connectivity index (χ2v) is 6.85. The maximum atomic E-state index is 12.7. The van der Waals surface area contributed by atoms with Crippen LogP contribution < -0.4 is 15.5 Å². The van der Waals surface area contributed by atoms with Gasteiger partial charge in [0.05, 0.1) is 11.0 Å². The predicted octanol–water partition coefficient (Wildman–Crippen LogP) is 3.17. The van der Waals surface area contributed by atoms with E-state index in [1.54, 1.807) is 12.1 Å². The lowest BCUT2D eigenvalue weighted by atomic mass is 10.1. The average Bonchev–Trinajstić information content (AvgIpc) is 3.09. The van der Waals surface area contributed by atoms with Crippen LogP contribution in [-0.4, -0.2) is 41.9 Å². The molecule has 0 bridgehead atoms. The third-order valence-corrected chi connectivity index (χ3v) is 4.48. The zero-order chi connectivity index (χ0) is 20.1. The van der Waals surface area contributed by atoms with Gasteiger partial charge >= 0.3 is 0 Å². The van der Waals surface area contributed by atoms with Crippen LogP contribution >= 0.6 is 0 Å². The summed E-state index contributed by atoms with van der Waals surface area (Å²) in [6.45, 7) is 1.97. The molecule has 0 spiro atoms. The standard InChI is InChI=1S/C21H25N5O2/c1-4-7-18(22-19(27)14-10-12-15(13-11-14)26(2)3)20(28)25-21-23-16-8-5-6-9-17(16)24-21/h5-6,8-13,18H,4,7H2,1-3H3,(H,22,27)(H2,23,24,25,28)/t18-/m1/s1. The monoisotopic (exact) mass is 379 g/mol. The molecule has 3 rings (SSSR count). The lowest BCUT2D eigenvalue weighted by molar-refractivity contribution is -0.118. The number of amides is 2. The van der Waals surface area contributed by atoms with Crippen LogP contribution in [0, 0.1) is 0 Å². The Hall–Kier alpha value is -3.35. The minimum absolute atomic E-state index is 0.275. The second kappa shape index (κ2) is 8.56. The quantitative estimate of drug-likeness (QED) is 0.588. The summed E-state index contributed by atoms with van der Waals surface area (Å²) in [4.78, 5) is 34.7. The van der Waals surface area contributed by atoms with Gasteiger partial charge in [0.25, 0.3) is 5.91 Å². The Morgan fingerprint density at radius 1 is 1.11 bits per heavy atom. The maximum absolute atomic E-state index is 12.7. The van der Waals surface area contributed by atoms with Crippen LogP contribution in [0.2, 0.25) is 0 Å². The lowest BCUT2D eigenvalue weighted by Crippen LogP contribution is -2.43. The normalized spacial score (nSPS) is 11.8. The van der Waals surface area contributed by atoms with Gasteiger partial charge in [-0.05, 0) is 42.8 Å². The Kier molecular flexibility index (Phi) is 5.93. The van der Waals surface area contributed by atoms with Gasteiger partial charge in [-0.1, -0.05) is 25.5 Å². The van der Waals surface area contributed by atoms with Gasteiger partial charge in [-0.25, -0.2) is 4.98 Å². The first-order valence-electron chi connectivity index (χ1n) is 9.31. The molecule has 2 aromatic carbocycles. The number of anilines is 2. The van der Waals surface area contributed by atoms with Crippen LogP contribution in [0.5, 0.6) is 0 Å². The highest BCUT2D eigenvalue weighted by atomic mass is 16.2. The number of carbonyl (C=O) groups is 2. The van der Waals surface area contributed by atoms with Gasteiger partial charge in [0.2, 0.25) is 11.9 Å². The topological polar surface area (TPSA) is 90.1 Å². The number of imidazole rings is 1. The predicted molar refractivity (Wildman–Crippen MR) is 112 cm³/mol. The van der Waals surface area contributed by atoms with E-state index in [0.717, 1.165) is 23.1 Å². The van der Waals surface area contributed by atoms with Crippen molar-refractivity contribution in [2.45, 2.75) is 25.8 Å². The fourth-order valence-electron chi connectivity index (χ4n) is 2.93. The number of nitrogens with zero attached hydrogens (tertiary/aromatic N) is 2. The van der Waals surface area contributed by atoms with E-state index in [4.69, 9.17) is 0 Å². The van der Waals surface area contributed by atoms with Crippen molar-refractivity contribution in [1.82, 2.24) is 15.3 Å². The minimum atomic E-state index is -0.640. The first-order valence-corrected chi connectivity index (χ1v) is 9.31. The molecule has 1 heterocycles. The van der Waals surface area contributed by atoms with Crippen molar-refractivity contribution in [1.29, 1.82) is 0 Å². The summed E-state index contributed by atoms with van der Waals surface area (Å²) in [7, 11) is 3.88. The molecule has 0 fully saturated rings. The highest BCUT2D eigenvalue weighted by molar-refractivity contribution is 6.01. The fraction of sp³-hybridized carbons (Fsp3) is 0.286. The minimum Gasteiger partial charge on any atom is -0.378 e. The molecule has 0 unspecified atom stereocenters. The summed E-state index contributed by atoms with van der Waals surface area (Å²) in [5.41, 5.74) is 3.14. The summed E-state index contributed by atoms with van der Waals surface area (Å²) in [5, 5.41) is 5.60. The average molecular weight is 379 g/mol. The zero-order valence-electron chi connectivity index (χ0n) is 16.3. The number of hydrogen-bond acceptors (Lipinski definition) is 4. The van der Waals surface area contributed by atoms with E-state index in [-0.39, 0.29) is 11.8 Å². The van der Waals surface area contributed by atoms with E-state index in [9.17, 15) is 9.59 Å². The molecule has 0 aliphatic rings. The van der Waals surface area contributed by atoms with Gasteiger partial charge in [-0.15, -0.1) is 0 Å². The van der Waals surface area contributed by atoms with Crippen molar-refractivity contribution in [2.75, 3.05) is 24.3 Å². The number of H-pyrrole nitrogens is 1. The molecule has 0 saturated carbocycles. The number of hydrogen-bond donors (Lipinski definition) is 3. The maximum Gasteiger partial charge on any atom is 0.251 e. The summed E-state index contributed by atoms with van der Waals surface area (Å²) in [6.07, 6.45) is 1.30. The molecule has 2 amide bonds. The van der Waals surface area contributed by atoms with E-state index >= 15 is 0 Å². The zero-order valence-corrected chi connectivity index (χ0v) is 16.3. The Morgan fingerprint density at radius 2 is 1.82 bits per heavy atom. The molecule has 3 N–H and O–H groups in total. The Balaban J connectivity index is 1.69. The van der Waals surface area contributed by atoms with Crippen molar-refractivity contribution in [3.8, 4) is 0 Å². The van der Waals surface area contributed by atoms with E-state index in [1.807, 2.05) is 62.3 Å². The highest BCUT2D eigenvalue weighted by Gasteiger charge is 2.21. The number of fused-ring (bicyclic) bond motifs is 1. The largest absolute Gasteiger partial charge is 0.378 e. The molecule has 3 aromatic rings. The molecular weight excluding hydrogens is 354 g/mol. The number of aromatic amines is 1. The number of nitrogens with one attached hydrogen (secondary N) is 3. The Bertz CT molecular complexity index is 929. The van der Waals surface area contributed by atoms with Crippen molar-refractivity contribution in [3.05, 3.63) is 54.1 Å². The fourth-order valence-corrected chi connectivity index (χ4v) is 2.93. The number of aromatic nitrogens is 2. The third kappa shape index (κ3) is 4.49. The molecule has 28 heavy (non-hydrogen) atoms. The second-order valence-electron chi connectivity index (χ2n) is 6.85. The molecule has 1 atom stereocenters. The van der Waals surface area contributed by atoms with Gasteiger partial charge in [0.15, 0.2) is 0 Å². The Morgan fingerprint density at radius 3 is 2.46 bits per heavy atom. The number of rotatable bonds is 7. The summed E-state index contributed by atoms with van der Waals surface area (Å²) < 4.78 is 0. The number of para-hydroxylation sites is 2. The van der Waals surface area contributed by atoms with Crippen LogP contribution in [0.4, 0.5) is 11.6 Å². The molecule has 0 aliphatic heterocycles. The molecule has 0 radical (unpaired) electrons. The summed E-state index contributed by atoms with van der Waals surface area (Å²) in [6, 6.07) is 14.2. The number of benzene rings is 2. The molecule has 7 heteroatoms. The molecule has 0 aliphatic carbocycles. The molecule has 7 nitrogen and oxygen atoms in total. The van der Waals surface area contributed by atoms with Crippen LogP contribution in [0.1, 0.15) is 30.1 Å². The highest BCUT2D eigenvalue weighted by Crippen LogP contribution is 2.15. The van der Waals surface area contributed by atoms with E-state index in [2.05, 4.69) is 20.6 Å². The molecule has 0 saturated heterocycles. The van der Waals surface area contributed by atoms with E-state index in [1.165, 1.54) is 0 Å². The smallest absolute Gasteiger partial charge is 0.251 e. The van der Waals surface area contributed by atoms with Gasteiger partial charge in [0, 0.05) is 25.3 Å².